The minimum Gasteiger partial charge on any atom is -0.496 e. The van der Waals surface area contributed by atoms with Crippen LogP contribution >= 0.6 is 0 Å². The molecule has 8 heteroatoms. The standard InChI is InChI=1S/C34H38N6O2/c1-39-18-20-40(21-19-39)17-7-16-35-34-36-23-25-22-30(27-8-3-4-9-28(27)32(25)38-34)24-12-14-26(15-13-24)37-33(41)29-10-5-6-11-31(29)42-2/h3-6,8-15,23,30H,7,16-22H2,1-2H3,(H,37,41)(H,35,36,38). The topological polar surface area (TPSA) is 82.6 Å². The molecule has 1 aromatic heterocycles. The van der Waals surface area contributed by atoms with Crippen LogP contribution in [0, 0.1) is 0 Å². The first-order chi connectivity index (χ1) is 20.6. The third-order valence-corrected chi connectivity index (χ3v) is 8.33. The fraction of sp³-hybridized carbons (Fsp3) is 0.324. The van der Waals surface area contributed by atoms with Crippen LogP contribution in [-0.4, -0.2) is 79.1 Å². The second kappa shape index (κ2) is 12.7. The second-order valence-electron chi connectivity index (χ2n) is 11.1. The molecule has 1 atom stereocenters. The van der Waals surface area contributed by atoms with Gasteiger partial charge in [0.1, 0.15) is 5.75 Å². The van der Waals surface area contributed by atoms with Gasteiger partial charge in [-0.1, -0.05) is 48.5 Å². The maximum absolute atomic E-state index is 12.9. The minimum absolute atomic E-state index is 0.179. The van der Waals surface area contributed by atoms with E-state index in [0.29, 0.717) is 17.3 Å². The predicted octanol–water partition coefficient (Wildman–Crippen LogP) is 5.14. The molecule has 6 rings (SSSR count). The van der Waals surface area contributed by atoms with Crippen LogP contribution < -0.4 is 15.4 Å². The summed E-state index contributed by atoms with van der Waals surface area (Å²) in [5.74, 6) is 1.22. The van der Waals surface area contributed by atoms with Crippen LogP contribution in [0.1, 0.15) is 39.4 Å². The molecule has 1 aliphatic carbocycles. The first-order valence-electron chi connectivity index (χ1n) is 14.7. The van der Waals surface area contributed by atoms with Gasteiger partial charge in [-0.25, -0.2) is 9.97 Å². The molecule has 1 saturated heterocycles. The van der Waals surface area contributed by atoms with Crippen molar-refractivity contribution in [2.45, 2.75) is 18.8 Å². The monoisotopic (exact) mass is 562 g/mol. The normalized spacial score (nSPS) is 16.8. The summed E-state index contributed by atoms with van der Waals surface area (Å²) in [5, 5.41) is 6.45. The van der Waals surface area contributed by atoms with Gasteiger partial charge >= 0.3 is 0 Å². The van der Waals surface area contributed by atoms with E-state index in [9.17, 15) is 4.79 Å². The lowest BCUT2D eigenvalue weighted by molar-refractivity contribution is 0.102. The SMILES string of the molecule is COc1ccccc1C(=O)Nc1ccc(C2Cc3cnc(NCCCN4CCN(C)CC4)nc3-c3ccccc32)cc1. The number of amides is 1. The Kier molecular flexibility index (Phi) is 8.44. The quantitative estimate of drug-likeness (QED) is 0.273. The zero-order chi connectivity index (χ0) is 28.9. The Morgan fingerprint density at radius 3 is 2.55 bits per heavy atom. The Hall–Kier alpha value is -4.27. The number of carbonyl (C=O) groups excluding carboxylic acids is 1. The lowest BCUT2D eigenvalue weighted by Crippen LogP contribution is -2.44. The number of para-hydroxylation sites is 1. The molecule has 1 amide bonds. The number of hydrogen-bond acceptors (Lipinski definition) is 7. The highest BCUT2D eigenvalue weighted by Gasteiger charge is 2.27. The summed E-state index contributed by atoms with van der Waals surface area (Å²) in [6.07, 6.45) is 3.87. The van der Waals surface area contributed by atoms with E-state index >= 15 is 0 Å². The number of nitrogens with one attached hydrogen (secondary N) is 2. The Morgan fingerprint density at radius 1 is 0.976 bits per heavy atom. The van der Waals surface area contributed by atoms with Gasteiger partial charge < -0.3 is 25.2 Å². The number of fused-ring (bicyclic) bond motifs is 3. The molecule has 1 aliphatic heterocycles. The van der Waals surface area contributed by atoms with E-state index in [1.807, 2.05) is 30.5 Å². The van der Waals surface area contributed by atoms with Crippen molar-refractivity contribution in [3.05, 3.63) is 101 Å². The molecule has 2 N–H and O–H groups in total. The van der Waals surface area contributed by atoms with Gasteiger partial charge in [0.05, 0.1) is 18.4 Å². The van der Waals surface area contributed by atoms with Gasteiger partial charge in [-0.05, 0) is 67.4 Å². The van der Waals surface area contributed by atoms with Gasteiger partial charge in [0.15, 0.2) is 0 Å². The van der Waals surface area contributed by atoms with Crippen molar-refractivity contribution in [1.29, 1.82) is 0 Å². The van der Waals surface area contributed by atoms with Gasteiger partial charge in [0.2, 0.25) is 5.95 Å². The minimum atomic E-state index is -0.196. The third-order valence-electron chi connectivity index (χ3n) is 8.33. The Labute approximate surface area is 247 Å². The molecule has 0 spiro atoms. The Morgan fingerprint density at radius 2 is 1.74 bits per heavy atom. The first-order valence-corrected chi connectivity index (χ1v) is 14.7. The van der Waals surface area contributed by atoms with E-state index in [-0.39, 0.29) is 11.8 Å². The number of rotatable bonds is 9. The van der Waals surface area contributed by atoms with E-state index in [1.54, 1.807) is 19.2 Å². The number of nitrogens with zero attached hydrogens (tertiary/aromatic N) is 4. The second-order valence-corrected chi connectivity index (χ2v) is 11.1. The highest BCUT2D eigenvalue weighted by Crippen LogP contribution is 2.42. The highest BCUT2D eigenvalue weighted by atomic mass is 16.5. The zero-order valence-corrected chi connectivity index (χ0v) is 24.3. The van der Waals surface area contributed by atoms with Crippen molar-refractivity contribution in [2.75, 3.05) is 64.1 Å². The predicted molar refractivity (Wildman–Crippen MR) is 167 cm³/mol. The molecule has 0 bridgehead atoms. The third kappa shape index (κ3) is 6.15. The average molecular weight is 563 g/mol. The summed E-state index contributed by atoms with van der Waals surface area (Å²) < 4.78 is 5.34. The van der Waals surface area contributed by atoms with Crippen LogP contribution in [0.25, 0.3) is 11.3 Å². The summed E-state index contributed by atoms with van der Waals surface area (Å²) in [6, 6.07) is 23.9. The van der Waals surface area contributed by atoms with Crippen molar-refractivity contribution in [1.82, 2.24) is 19.8 Å². The van der Waals surface area contributed by atoms with E-state index in [1.165, 1.54) is 11.1 Å². The molecular formula is C34H38N6O2. The molecular weight excluding hydrogens is 524 g/mol. The fourth-order valence-electron chi connectivity index (χ4n) is 5.92. The van der Waals surface area contributed by atoms with E-state index in [4.69, 9.17) is 9.72 Å². The number of piperazine rings is 1. The van der Waals surface area contributed by atoms with Crippen molar-refractivity contribution >= 4 is 17.5 Å². The van der Waals surface area contributed by atoms with Crippen molar-refractivity contribution in [2.24, 2.45) is 0 Å². The summed E-state index contributed by atoms with van der Waals surface area (Å²) in [4.78, 5) is 27.4. The largest absolute Gasteiger partial charge is 0.496 e. The fourth-order valence-corrected chi connectivity index (χ4v) is 5.92. The van der Waals surface area contributed by atoms with E-state index in [0.717, 1.165) is 74.6 Å². The molecule has 1 unspecified atom stereocenters. The number of likely N-dealkylation sites (N-methyl/N-ethyl adjacent to an activating group) is 1. The number of aromatic nitrogens is 2. The Bertz CT molecular complexity index is 1530. The van der Waals surface area contributed by atoms with Gasteiger partial charge in [0.25, 0.3) is 5.91 Å². The molecule has 42 heavy (non-hydrogen) atoms. The van der Waals surface area contributed by atoms with Crippen LogP contribution in [0.4, 0.5) is 11.6 Å². The smallest absolute Gasteiger partial charge is 0.259 e. The van der Waals surface area contributed by atoms with Gasteiger partial charge in [-0.2, -0.15) is 0 Å². The van der Waals surface area contributed by atoms with E-state index in [2.05, 4.69) is 68.9 Å². The maximum atomic E-state index is 12.9. The maximum Gasteiger partial charge on any atom is 0.259 e. The molecule has 2 heterocycles. The van der Waals surface area contributed by atoms with Crippen molar-refractivity contribution < 1.29 is 9.53 Å². The number of carbonyl (C=O) groups is 1. The number of anilines is 2. The molecule has 0 radical (unpaired) electrons. The van der Waals surface area contributed by atoms with Gasteiger partial charge in [-0.15, -0.1) is 0 Å². The lowest BCUT2D eigenvalue weighted by Gasteiger charge is -2.32. The highest BCUT2D eigenvalue weighted by molar-refractivity contribution is 6.06. The van der Waals surface area contributed by atoms with Crippen LogP contribution in [0.2, 0.25) is 0 Å². The first kappa shape index (κ1) is 27.9. The summed E-state index contributed by atoms with van der Waals surface area (Å²) in [7, 11) is 3.76. The summed E-state index contributed by atoms with van der Waals surface area (Å²) in [5.41, 5.74) is 7.01. The molecule has 216 valence electrons. The van der Waals surface area contributed by atoms with Crippen LogP contribution in [0.5, 0.6) is 5.75 Å². The Balaban J connectivity index is 1.13. The number of methoxy groups -OCH3 is 1. The molecule has 0 saturated carbocycles. The molecule has 4 aromatic rings. The lowest BCUT2D eigenvalue weighted by atomic mass is 9.78. The average Bonchev–Trinajstić information content (AvgIpc) is 3.04. The molecule has 2 aliphatic rings. The van der Waals surface area contributed by atoms with Crippen molar-refractivity contribution in [3.63, 3.8) is 0 Å². The summed E-state index contributed by atoms with van der Waals surface area (Å²) >= 11 is 0. The molecule has 3 aromatic carbocycles. The molecule has 8 nitrogen and oxygen atoms in total. The zero-order valence-electron chi connectivity index (χ0n) is 24.3. The molecule has 1 fully saturated rings. The van der Waals surface area contributed by atoms with Gasteiger partial charge in [0, 0.05) is 56.1 Å². The van der Waals surface area contributed by atoms with Crippen LogP contribution in [-0.2, 0) is 6.42 Å². The van der Waals surface area contributed by atoms with Crippen molar-refractivity contribution in [3.8, 4) is 17.0 Å². The summed E-state index contributed by atoms with van der Waals surface area (Å²) in [6.45, 7) is 6.53. The van der Waals surface area contributed by atoms with Gasteiger partial charge in [-0.3, -0.25) is 4.79 Å². The number of benzene rings is 3. The van der Waals surface area contributed by atoms with Crippen LogP contribution in [0.3, 0.4) is 0 Å². The van der Waals surface area contributed by atoms with E-state index < -0.39 is 0 Å². The number of hydrogen-bond donors (Lipinski definition) is 2. The number of ether oxygens (including phenoxy) is 1. The van der Waals surface area contributed by atoms with Crippen LogP contribution in [0.15, 0.2) is 79.0 Å².